The Morgan fingerprint density at radius 1 is 1.05 bits per heavy atom. The molecule has 1 atom stereocenters. The summed E-state index contributed by atoms with van der Waals surface area (Å²) in [6, 6.07) is 16.4. The first-order chi connectivity index (χ1) is 9.74. The minimum atomic E-state index is -0.260. The van der Waals surface area contributed by atoms with Gasteiger partial charge < -0.3 is 5.73 Å². The second-order valence-corrected chi connectivity index (χ2v) is 4.86. The van der Waals surface area contributed by atoms with Gasteiger partial charge in [0.25, 0.3) is 0 Å². The van der Waals surface area contributed by atoms with Crippen molar-refractivity contribution in [2.75, 3.05) is 0 Å². The van der Waals surface area contributed by atoms with Gasteiger partial charge in [-0.3, -0.25) is 4.98 Å². The minimum absolute atomic E-state index is 0.211. The van der Waals surface area contributed by atoms with E-state index in [0.29, 0.717) is 12.0 Å². The van der Waals surface area contributed by atoms with Crippen LogP contribution in [-0.2, 0) is 6.42 Å². The molecule has 0 saturated heterocycles. The molecule has 3 rings (SSSR count). The molecular formula is C17H15FN2. The lowest BCUT2D eigenvalue weighted by Gasteiger charge is -2.13. The first kappa shape index (κ1) is 12.8. The lowest BCUT2D eigenvalue weighted by Crippen LogP contribution is -2.14. The van der Waals surface area contributed by atoms with Crippen molar-refractivity contribution in [1.29, 1.82) is 0 Å². The molecule has 3 heteroatoms. The Balaban J connectivity index is 1.89. The normalized spacial score (nSPS) is 12.5. The first-order valence-corrected chi connectivity index (χ1v) is 6.58. The Morgan fingerprint density at radius 3 is 2.65 bits per heavy atom. The summed E-state index contributed by atoms with van der Waals surface area (Å²) in [5.74, 6) is -0.211. The number of hydrogen-bond acceptors (Lipinski definition) is 2. The summed E-state index contributed by atoms with van der Waals surface area (Å²) in [6.45, 7) is 0. The Labute approximate surface area is 117 Å². The molecule has 0 spiro atoms. The highest BCUT2D eigenvalue weighted by Gasteiger charge is 2.11. The molecule has 20 heavy (non-hydrogen) atoms. The van der Waals surface area contributed by atoms with Crippen LogP contribution in [0.4, 0.5) is 4.39 Å². The molecule has 0 saturated carbocycles. The number of hydrogen-bond donors (Lipinski definition) is 1. The molecule has 0 radical (unpaired) electrons. The highest BCUT2D eigenvalue weighted by Crippen LogP contribution is 2.20. The molecule has 3 aromatic rings. The lowest BCUT2D eigenvalue weighted by molar-refractivity contribution is 0.593. The van der Waals surface area contributed by atoms with Gasteiger partial charge in [0, 0.05) is 17.6 Å². The predicted molar refractivity (Wildman–Crippen MR) is 78.8 cm³/mol. The highest BCUT2D eigenvalue weighted by molar-refractivity contribution is 5.78. The molecule has 0 fully saturated rings. The van der Waals surface area contributed by atoms with E-state index in [9.17, 15) is 4.39 Å². The van der Waals surface area contributed by atoms with Crippen LogP contribution in [0.2, 0.25) is 0 Å². The van der Waals surface area contributed by atoms with E-state index in [-0.39, 0.29) is 11.9 Å². The van der Waals surface area contributed by atoms with Crippen LogP contribution in [-0.4, -0.2) is 4.98 Å². The minimum Gasteiger partial charge on any atom is -0.324 e. The Bertz CT molecular complexity index is 740. The molecule has 2 aromatic carbocycles. The van der Waals surface area contributed by atoms with Gasteiger partial charge in [0.1, 0.15) is 5.82 Å². The molecule has 0 aliphatic carbocycles. The maximum Gasteiger partial charge on any atom is 0.126 e. The molecule has 2 N–H and O–H groups in total. The fourth-order valence-corrected chi connectivity index (χ4v) is 2.31. The molecule has 0 aliphatic heterocycles. The number of nitrogens with two attached hydrogens (primary N) is 1. The van der Waals surface area contributed by atoms with Crippen molar-refractivity contribution in [2.45, 2.75) is 12.5 Å². The number of halogens is 1. The maximum absolute atomic E-state index is 13.6. The van der Waals surface area contributed by atoms with Crippen LogP contribution in [0.15, 0.2) is 60.8 Å². The van der Waals surface area contributed by atoms with E-state index >= 15 is 0 Å². The van der Waals surface area contributed by atoms with Gasteiger partial charge in [-0.15, -0.1) is 0 Å². The van der Waals surface area contributed by atoms with Crippen molar-refractivity contribution in [2.24, 2.45) is 5.73 Å². The fraction of sp³-hybridized carbons (Fsp3) is 0.118. The predicted octanol–water partition coefficient (Wildman–Crippen LogP) is 3.62. The second kappa shape index (κ2) is 5.39. The highest BCUT2D eigenvalue weighted by atomic mass is 19.1. The summed E-state index contributed by atoms with van der Waals surface area (Å²) >= 11 is 0. The quantitative estimate of drug-likeness (QED) is 0.786. The molecule has 1 aromatic heterocycles. The maximum atomic E-state index is 13.6. The standard InChI is InChI=1S/C17H15FN2/c18-15-7-3-1-5-12(15)10-16(19)14-9-13-6-2-4-8-17(13)20-11-14/h1-9,11,16H,10,19H2. The zero-order valence-corrected chi connectivity index (χ0v) is 11.0. The van der Waals surface area contributed by atoms with Crippen molar-refractivity contribution in [1.82, 2.24) is 4.98 Å². The Morgan fingerprint density at radius 2 is 1.80 bits per heavy atom. The molecule has 0 amide bonds. The molecule has 0 bridgehead atoms. The molecule has 1 unspecified atom stereocenters. The van der Waals surface area contributed by atoms with Gasteiger partial charge in [0.2, 0.25) is 0 Å². The molecular weight excluding hydrogens is 251 g/mol. The summed E-state index contributed by atoms with van der Waals surface area (Å²) in [5.41, 5.74) is 8.68. The number of benzene rings is 2. The van der Waals surface area contributed by atoms with Gasteiger partial charge in [-0.05, 0) is 35.7 Å². The average Bonchev–Trinajstić information content (AvgIpc) is 2.49. The van der Waals surface area contributed by atoms with Crippen LogP contribution in [0.25, 0.3) is 10.9 Å². The molecule has 2 nitrogen and oxygen atoms in total. The van der Waals surface area contributed by atoms with Crippen LogP contribution >= 0.6 is 0 Å². The zero-order chi connectivity index (χ0) is 13.9. The third kappa shape index (κ3) is 2.53. The van der Waals surface area contributed by atoms with Crippen molar-refractivity contribution < 1.29 is 4.39 Å². The van der Waals surface area contributed by atoms with Gasteiger partial charge in [0.05, 0.1) is 5.52 Å². The third-order valence-electron chi connectivity index (χ3n) is 3.44. The van der Waals surface area contributed by atoms with Gasteiger partial charge in [-0.2, -0.15) is 0 Å². The van der Waals surface area contributed by atoms with Gasteiger partial charge in [-0.25, -0.2) is 4.39 Å². The summed E-state index contributed by atoms with van der Waals surface area (Å²) in [7, 11) is 0. The topological polar surface area (TPSA) is 38.9 Å². The van der Waals surface area contributed by atoms with Crippen molar-refractivity contribution in [3.63, 3.8) is 0 Å². The van der Waals surface area contributed by atoms with Crippen LogP contribution in [0.3, 0.4) is 0 Å². The van der Waals surface area contributed by atoms with E-state index in [2.05, 4.69) is 4.98 Å². The van der Waals surface area contributed by atoms with E-state index in [1.54, 1.807) is 18.3 Å². The van der Waals surface area contributed by atoms with Gasteiger partial charge in [0.15, 0.2) is 0 Å². The Hall–Kier alpha value is -2.26. The lowest BCUT2D eigenvalue weighted by atomic mass is 9.99. The van der Waals surface area contributed by atoms with E-state index in [4.69, 9.17) is 5.73 Å². The smallest absolute Gasteiger partial charge is 0.126 e. The second-order valence-electron chi connectivity index (χ2n) is 4.86. The number of fused-ring (bicyclic) bond motifs is 1. The molecule has 0 aliphatic rings. The van der Waals surface area contributed by atoms with E-state index in [1.165, 1.54) is 6.07 Å². The van der Waals surface area contributed by atoms with Crippen LogP contribution in [0.5, 0.6) is 0 Å². The third-order valence-corrected chi connectivity index (χ3v) is 3.44. The van der Waals surface area contributed by atoms with Crippen molar-refractivity contribution >= 4 is 10.9 Å². The van der Waals surface area contributed by atoms with Crippen LogP contribution < -0.4 is 5.73 Å². The number of para-hydroxylation sites is 1. The summed E-state index contributed by atoms with van der Waals surface area (Å²) in [5, 5.41) is 1.05. The summed E-state index contributed by atoms with van der Waals surface area (Å²) < 4.78 is 13.6. The fourth-order valence-electron chi connectivity index (χ4n) is 2.31. The van der Waals surface area contributed by atoms with Gasteiger partial charge >= 0.3 is 0 Å². The van der Waals surface area contributed by atoms with E-state index < -0.39 is 0 Å². The number of pyridine rings is 1. The SMILES string of the molecule is NC(Cc1ccccc1F)c1cnc2ccccc2c1. The number of nitrogens with zero attached hydrogens (tertiary/aromatic N) is 1. The first-order valence-electron chi connectivity index (χ1n) is 6.58. The van der Waals surface area contributed by atoms with Crippen LogP contribution in [0.1, 0.15) is 17.2 Å². The molecule has 1 heterocycles. The van der Waals surface area contributed by atoms with Gasteiger partial charge in [-0.1, -0.05) is 36.4 Å². The zero-order valence-electron chi connectivity index (χ0n) is 11.0. The summed E-state index contributed by atoms with van der Waals surface area (Å²) in [6.07, 6.45) is 2.24. The number of aromatic nitrogens is 1. The van der Waals surface area contributed by atoms with E-state index in [0.717, 1.165) is 16.5 Å². The summed E-state index contributed by atoms with van der Waals surface area (Å²) in [4.78, 5) is 4.39. The average molecular weight is 266 g/mol. The Kier molecular flexibility index (Phi) is 3.44. The molecule has 100 valence electrons. The number of rotatable bonds is 3. The monoisotopic (exact) mass is 266 g/mol. The van der Waals surface area contributed by atoms with Crippen LogP contribution in [0, 0.1) is 5.82 Å². The largest absolute Gasteiger partial charge is 0.324 e. The van der Waals surface area contributed by atoms with Crippen molar-refractivity contribution in [3.8, 4) is 0 Å². The van der Waals surface area contributed by atoms with E-state index in [1.807, 2.05) is 36.4 Å². The van der Waals surface area contributed by atoms with Crippen molar-refractivity contribution in [3.05, 3.63) is 77.7 Å².